The Kier molecular flexibility index (Phi) is 8.13. The second-order valence-electron chi connectivity index (χ2n) is 8.95. The van der Waals surface area contributed by atoms with E-state index in [0.717, 1.165) is 21.4 Å². The molecule has 2 aliphatic rings. The SMILES string of the molecule is C#CCN(C(=O)NC)N1CC(=O)N2[C@@H](C/C(C)=C/N=CC)/C(=N\O)N(Cc3cccc4sc(N)nc34)C[C@@H]21. The van der Waals surface area contributed by atoms with Crippen LogP contribution in [0.25, 0.3) is 10.2 Å². The standard InChI is InChI=1S/C25H31N9O3S/c1-5-10-32(25(36)27-4)33-15-21(35)34-18(11-16(3)12-28-6-2)23(30-37)31(14-20(33)34)13-17-8-7-9-19-22(17)29-24(26)38-19/h1,6-9,12,18,20,37H,10-11,13-15H2,2-4H3,(H2,26,29)(H,27,36)/b16-12+,28-6?,30-23+/t18-,20+/m0/s1. The molecular weight excluding hydrogens is 506 g/mol. The summed E-state index contributed by atoms with van der Waals surface area (Å²) in [6.07, 6.45) is 8.80. The number of amides is 3. The average molecular weight is 538 g/mol. The third-order valence-corrected chi connectivity index (χ3v) is 7.38. The summed E-state index contributed by atoms with van der Waals surface area (Å²) in [6, 6.07) is 4.82. The molecule has 1 aromatic carbocycles. The van der Waals surface area contributed by atoms with Crippen LogP contribution in [0.2, 0.25) is 0 Å². The molecule has 38 heavy (non-hydrogen) atoms. The van der Waals surface area contributed by atoms with Gasteiger partial charge in [-0.25, -0.2) is 14.8 Å². The van der Waals surface area contributed by atoms with Crippen molar-refractivity contribution in [2.45, 2.75) is 39.0 Å². The average Bonchev–Trinajstić information content (AvgIpc) is 3.44. The number of hydrazine groups is 1. The highest BCUT2D eigenvalue weighted by atomic mass is 32.1. The summed E-state index contributed by atoms with van der Waals surface area (Å²) in [7, 11) is 1.51. The van der Waals surface area contributed by atoms with Gasteiger partial charge in [-0.2, -0.15) is 5.01 Å². The van der Waals surface area contributed by atoms with E-state index in [4.69, 9.17) is 12.2 Å². The predicted molar refractivity (Wildman–Crippen MR) is 147 cm³/mol. The van der Waals surface area contributed by atoms with Gasteiger partial charge in [0.15, 0.2) is 11.0 Å². The minimum atomic E-state index is -0.600. The van der Waals surface area contributed by atoms with Crippen LogP contribution in [0.4, 0.5) is 9.93 Å². The molecule has 4 rings (SSSR count). The van der Waals surface area contributed by atoms with Gasteiger partial charge in [0, 0.05) is 26.0 Å². The Balaban J connectivity index is 1.76. The van der Waals surface area contributed by atoms with Crippen molar-refractivity contribution in [1.29, 1.82) is 0 Å². The summed E-state index contributed by atoms with van der Waals surface area (Å²) in [4.78, 5) is 38.4. The summed E-state index contributed by atoms with van der Waals surface area (Å²) >= 11 is 1.40. The fourth-order valence-corrected chi connectivity index (χ4v) is 5.73. The van der Waals surface area contributed by atoms with Crippen molar-refractivity contribution >= 4 is 50.7 Å². The van der Waals surface area contributed by atoms with Crippen LogP contribution >= 0.6 is 11.3 Å². The van der Waals surface area contributed by atoms with Crippen molar-refractivity contribution in [3.05, 3.63) is 35.5 Å². The molecule has 2 atom stereocenters. The second kappa shape index (κ2) is 11.5. The van der Waals surface area contributed by atoms with Gasteiger partial charge in [-0.05, 0) is 31.9 Å². The van der Waals surface area contributed by atoms with Gasteiger partial charge in [0.25, 0.3) is 0 Å². The molecule has 0 spiro atoms. The van der Waals surface area contributed by atoms with Crippen LogP contribution in [0, 0.1) is 12.3 Å². The number of benzene rings is 1. The lowest BCUT2D eigenvalue weighted by Crippen LogP contribution is -2.65. The van der Waals surface area contributed by atoms with Crippen LogP contribution in [-0.2, 0) is 11.3 Å². The Bertz CT molecular complexity index is 1350. The van der Waals surface area contributed by atoms with Gasteiger partial charge in [0.2, 0.25) is 5.91 Å². The highest BCUT2D eigenvalue weighted by Crippen LogP contribution is 2.33. The van der Waals surface area contributed by atoms with E-state index in [1.54, 1.807) is 22.3 Å². The van der Waals surface area contributed by atoms with E-state index in [-0.39, 0.29) is 25.5 Å². The molecule has 1 aromatic heterocycles. The summed E-state index contributed by atoms with van der Waals surface area (Å²) in [5.74, 6) is 2.64. The molecule has 12 nitrogen and oxygen atoms in total. The number of thiazole rings is 1. The summed E-state index contributed by atoms with van der Waals surface area (Å²) in [5.41, 5.74) is 8.54. The van der Waals surface area contributed by atoms with Crippen molar-refractivity contribution in [3.63, 3.8) is 0 Å². The number of carbonyl (C=O) groups is 2. The fourth-order valence-electron chi connectivity index (χ4n) is 4.95. The van der Waals surface area contributed by atoms with Crippen LogP contribution in [0.15, 0.2) is 40.1 Å². The first kappa shape index (κ1) is 26.9. The number of anilines is 1. The monoisotopic (exact) mass is 537 g/mol. The van der Waals surface area contributed by atoms with Gasteiger partial charge in [0.05, 0.1) is 35.9 Å². The lowest BCUT2D eigenvalue weighted by molar-refractivity contribution is -0.130. The van der Waals surface area contributed by atoms with E-state index in [9.17, 15) is 14.8 Å². The fraction of sp³-hybridized carbons (Fsp3) is 0.400. The molecule has 2 aliphatic heterocycles. The minimum Gasteiger partial charge on any atom is -0.409 e. The highest BCUT2D eigenvalue weighted by molar-refractivity contribution is 7.22. The highest BCUT2D eigenvalue weighted by Gasteiger charge is 2.51. The van der Waals surface area contributed by atoms with E-state index in [1.807, 2.05) is 36.9 Å². The topological polar surface area (TPSA) is 143 Å². The zero-order valence-electron chi connectivity index (χ0n) is 21.5. The molecular formula is C25H31N9O3S. The van der Waals surface area contributed by atoms with E-state index in [1.165, 1.54) is 23.4 Å². The quantitative estimate of drug-likeness (QED) is 0.212. The van der Waals surface area contributed by atoms with Gasteiger partial charge in [0.1, 0.15) is 6.17 Å². The van der Waals surface area contributed by atoms with Crippen molar-refractivity contribution in [3.8, 4) is 12.3 Å². The maximum absolute atomic E-state index is 13.4. The predicted octanol–water partition coefficient (Wildman–Crippen LogP) is 1.89. The number of urea groups is 1. The zero-order chi connectivity index (χ0) is 27.4. The molecule has 2 fully saturated rings. The Labute approximate surface area is 225 Å². The molecule has 2 saturated heterocycles. The largest absolute Gasteiger partial charge is 0.409 e. The zero-order valence-corrected chi connectivity index (χ0v) is 22.4. The van der Waals surface area contributed by atoms with Crippen molar-refractivity contribution in [2.75, 3.05) is 32.4 Å². The Morgan fingerprint density at radius 1 is 1.47 bits per heavy atom. The Morgan fingerprint density at radius 2 is 2.26 bits per heavy atom. The summed E-state index contributed by atoms with van der Waals surface area (Å²) < 4.78 is 0.950. The molecule has 4 N–H and O–H groups in total. The number of piperazine rings is 1. The number of amidine groups is 1. The molecule has 200 valence electrons. The van der Waals surface area contributed by atoms with Crippen LogP contribution in [0.1, 0.15) is 25.8 Å². The number of para-hydroxylation sites is 1. The number of aliphatic imine (C=N–C) groups is 1. The van der Waals surface area contributed by atoms with Crippen molar-refractivity contribution in [2.24, 2.45) is 10.1 Å². The number of terminal acetylenes is 1. The van der Waals surface area contributed by atoms with Gasteiger partial charge >= 0.3 is 6.03 Å². The van der Waals surface area contributed by atoms with E-state index in [2.05, 4.69) is 26.4 Å². The van der Waals surface area contributed by atoms with Crippen LogP contribution in [-0.4, -0.2) is 92.9 Å². The first-order valence-electron chi connectivity index (χ1n) is 12.1. The molecule has 2 aromatic rings. The van der Waals surface area contributed by atoms with Gasteiger partial charge in [-0.1, -0.05) is 40.1 Å². The maximum atomic E-state index is 13.4. The molecule has 0 radical (unpaired) electrons. The third-order valence-electron chi connectivity index (χ3n) is 6.53. The molecule has 0 unspecified atom stereocenters. The first-order chi connectivity index (χ1) is 18.3. The number of hydrogen-bond acceptors (Lipinski definition) is 9. The number of hydrogen-bond donors (Lipinski definition) is 3. The number of carbonyl (C=O) groups excluding carboxylic acids is 2. The lowest BCUT2D eigenvalue weighted by Gasteiger charge is -2.47. The number of fused-ring (bicyclic) bond motifs is 2. The number of nitrogens with zero attached hydrogens (tertiary/aromatic N) is 7. The number of nitrogens with two attached hydrogens (primary N) is 1. The van der Waals surface area contributed by atoms with Crippen molar-refractivity contribution < 1.29 is 14.8 Å². The van der Waals surface area contributed by atoms with Gasteiger partial charge in [-0.3, -0.25) is 9.79 Å². The van der Waals surface area contributed by atoms with Crippen LogP contribution in [0.5, 0.6) is 0 Å². The third kappa shape index (κ3) is 5.13. The minimum absolute atomic E-state index is 0.00946. The Morgan fingerprint density at radius 3 is 2.95 bits per heavy atom. The van der Waals surface area contributed by atoms with Gasteiger partial charge in [-0.15, -0.1) is 6.42 Å². The molecule has 0 saturated carbocycles. The number of nitrogens with one attached hydrogen (secondary N) is 1. The van der Waals surface area contributed by atoms with Gasteiger partial charge < -0.3 is 26.1 Å². The molecule has 13 heteroatoms. The van der Waals surface area contributed by atoms with E-state index >= 15 is 0 Å². The second-order valence-corrected chi connectivity index (χ2v) is 10.0. The van der Waals surface area contributed by atoms with Crippen LogP contribution < -0.4 is 11.1 Å². The number of rotatable bonds is 7. The number of aromatic nitrogens is 1. The van der Waals surface area contributed by atoms with Crippen molar-refractivity contribution in [1.82, 2.24) is 30.1 Å². The van der Waals surface area contributed by atoms with Crippen LogP contribution in [0.3, 0.4) is 0 Å². The first-order valence-corrected chi connectivity index (χ1v) is 12.9. The molecule has 3 amide bonds. The number of oxime groups is 1. The van der Waals surface area contributed by atoms with E-state index < -0.39 is 18.2 Å². The Hall–Kier alpha value is -4.15. The molecule has 0 bridgehead atoms. The molecule has 3 heterocycles. The number of nitrogen functional groups attached to an aromatic ring is 1. The summed E-state index contributed by atoms with van der Waals surface area (Å²) in [6.45, 7) is 4.29. The maximum Gasteiger partial charge on any atom is 0.332 e. The smallest absolute Gasteiger partial charge is 0.332 e. The lowest BCUT2D eigenvalue weighted by atomic mass is 10.0. The van der Waals surface area contributed by atoms with E-state index in [0.29, 0.717) is 23.9 Å². The summed E-state index contributed by atoms with van der Waals surface area (Å²) in [5, 5.41) is 20.0. The normalized spacial score (nSPS) is 21.4. The molecule has 0 aliphatic carbocycles.